The molecule has 0 unspecified atom stereocenters. The van der Waals surface area contributed by atoms with E-state index in [1.807, 2.05) is 0 Å². The van der Waals surface area contributed by atoms with Gasteiger partial charge >= 0.3 is 0 Å². The number of nitrogens with zero attached hydrogens (tertiary/aromatic N) is 2. The zero-order chi connectivity index (χ0) is 7.56. The van der Waals surface area contributed by atoms with Gasteiger partial charge in [0.15, 0.2) is 0 Å². The Balaban J connectivity index is 2.33. The predicted octanol–water partition coefficient (Wildman–Crippen LogP) is -0.352. The van der Waals surface area contributed by atoms with E-state index < -0.39 is 0 Å². The van der Waals surface area contributed by atoms with Crippen molar-refractivity contribution in [1.29, 1.82) is 0 Å². The molecule has 1 heterocycles. The molecule has 1 aliphatic heterocycles. The molecule has 1 amide bonds. The molecule has 0 saturated carbocycles. The van der Waals surface area contributed by atoms with E-state index in [1.165, 1.54) is 6.92 Å². The van der Waals surface area contributed by atoms with E-state index >= 15 is 0 Å². The van der Waals surface area contributed by atoms with Crippen molar-refractivity contribution in [2.75, 3.05) is 26.2 Å². The summed E-state index contributed by atoms with van der Waals surface area (Å²) in [5.74, 6) is 0.0631. The highest BCUT2D eigenvalue weighted by atomic mass is 16.5. The van der Waals surface area contributed by atoms with Crippen molar-refractivity contribution in [3.05, 3.63) is 5.21 Å². The van der Waals surface area contributed by atoms with Crippen LogP contribution in [0.2, 0.25) is 0 Å². The van der Waals surface area contributed by atoms with Crippen molar-refractivity contribution in [3.8, 4) is 0 Å². The predicted molar refractivity (Wildman–Crippen MR) is 37.2 cm³/mol. The summed E-state index contributed by atoms with van der Waals surface area (Å²) in [5, 5.41) is 11.6. The maximum Gasteiger partial charge on any atom is 0.219 e. The molecule has 0 radical (unpaired) electrons. The molecule has 4 heteroatoms. The Morgan fingerprint density at radius 3 is 2.20 bits per heavy atom. The van der Waals surface area contributed by atoms with Crippen LogP contribution in [0.5, 0.6) is 0 Å². The Morgan fingerprint density at radius 1 is 1.30 bits per heavy atom. The van der Waals surface area contributed by atoms with Crippen molar-refractivity contribution < 1.29 is 4.79 Å². The van der Waals surface area contributed by atoms with Gasteiger partial charge in [-0.05, 0) is 0 Å². The molecular weight excluding hydrogens is 132 g/mol. The Morgan fingerprint density at radius 2 is 1.80 bits per heavy atom. The van der Waals surface area contributed by atoms with Gasteiger partial charge in [-0.3, -0.25) is 4.79 Å². The van der Waals surface area contributed by atoms with Crippen LogP contribution in [0.25, 0.3) is 0 Å². The summed E-state index contributed by atoms with van der Waals surface area (Å²) in [5.41, 5.74) is 0. The number of rotatable bonds is 0. The molecule has 1 rings (SSSR count). The molecule has 0 aromatic rings. The fourth-order valence-electron chi connectivity index (χ4n) is 1.00. The molecule has 0 aliphatic carbocycles. The highest BCUT2D eigenvalue weighted by Gasteiger charge is 2.12. The molecule has 0 spiro atoms. The highest BCUT2D eigenvalue weighted by Crippen LogP contribution is 1.98. The van der Waals surface area contributed by atoms with Crippen LogP contribution >= 0.6 is 0 Å². The monoisotopic (exact) mass is 143 g/mol. The lowest BCUT2D eigenvalue weighted by Gasteiger charge is -2.38. The van der Waals surface area contributed by atoms with E-state index in [4.69, 9.17) is 0 Å². The maximum absolute atomic E-state index is 10.7. The van der Waals surface area contributed by atoms with E-state index in [1.54, 1.807) is 4.90 Å². The minimum absolute atomic E-state index is 0.0631. The standard InChI is InChI=1S/C6H11N2O2/c1-6(9)7-2-4-8(10)5-3-7/h2-5H2,1H3/q-1. The summed E-state index contributed by atoms with van der Waals surface area (Å²) in [4.78, 5) is 12.4. The number of piperazine rings is 1. The first kappa shape index (κ1) is 7.50. The molecule has 10 heavy (non-hydrogen) atoms. The van der Waals surface area contributed by atoms with Gasteiger partial charge in [0.05, 0.1) is 0 Å². The Labute approximate surface area is 60.0 Å². The third-order valence-electron chi connectivity index (χ3n) is 1.68. The van der Waals surface area contributed by atoms with Gasteiger partial charge in [0, 0.05) is 33.1 Å². The van der Waals surface area contributed by atoms with Gasteiger partial charge in [0.2, 0.25) is 5.91 Å². The van der Waals surface area contributed by atoms with Gasteiger partial charge in [-0.1, -0.05) is 0 Å². The summed E-state index contributed by atoms with van der Waals surface area (Å²) in [7, 11) is 0. The lowest BCUT2D eigenvalue weighted by molar-refractivity contribution is -0.130. The van der Waals surface area contributed by atoms with Gasteiger partial charge in [-0.25, -0.2) is 0 Å². The molecule has 58 valence electrons. The maximum atomic E-state index is 10.7. The highest BCUT2D eigenvalue weighted by molar-refractivity contribution is 5.73. The quantitative estimate of drug-likeness (QED) is 0.465. The van der Waals surface area contributed by atoms with Gasteiger partial charge in [-0.2, -0.15) is 0 Å². The van der Waals surface area contributed by atoms with Crippen LogP contribution in [0, 0.1) is 5.21 Å². The van der Waals surface area contributed by atoms with E-state index in [-0.39, 0.29) is 5.91 Å². The molecule has 1 fully saturated rings. The lowest BCUT2D eigenvalue weighted by atomic mass is 10.3. The lowest BCUT2D eigenvalue weighted by Crippen LogP contribution is -2.45. The van der Waals surface area contributed by atoms with E-state index in [0.29, 0.717) is 26.2 Å². The largest absolute Gasteiger partial charge is 0.785 e. The van der Waals surface area contributed by atoms with Crippen LogP contribution in [0.4, 0.5) is 0 Å². The van der Waals surface area contributed by atoms with Crippen molar-refractivity contribution in [1.82, 2.24) is 9.96 Å². The number of hydrogen-bond donors (Lipinski definition) is 0. The SMILES string of the molecule is CC(=O)N1CCN([O-])CC1. The van der Waals surface area contributed by atoms with Crippen molar-refractivity contribution in [3.63, 3.8) is 0 Å². The van der Waals surface area contributed by atoms with Crippen LogP contribution in [0.3, 0.4) is 0 Å². The van der Waals surface area contributed by atoms with Crippen LogP contribution in [0.15, 0.2) is 0 Å². The normalized spacial score (nSPS) is 21.2. The van der Waals surface area contributed by atoms with E-state index in [0.717, 1.165) is 5.06 Å². The second-order valence-electron chi connectivity index (χ2n) is 2.44. The zero-order valence-electron chi connectivity index (χ0n) is 6.04. The molecule has 1 saturated heterocycles. The summed E-state index contributed by atoms with van der Waals surface area (Å²) in [6.45, 7) is 3.61. The molecular formula is C6H11N2O2-. The topological polar surface area (TPSA) is 46.6 Å². The average Bonchev–Trinajstić information content (AvgIpc) is 1.88. The fourth-order valence-corrected chi connectivity index (χ4v) is 1.00. The van der Waals surface area contributed by atoms with Crippen LogP contribution in [-0.4, -0.2) is 42.0 Å². The first-order valence-corrected chi connectivity index (χ1v) is 3.38. The molecule has 1 aliphatic rings. The van der Waals surface area contributed by atoms with Crippen molar-refractivity contribution >= 4 is 5.91 Å². The summed E-state index contributed by atoms with van der Waals surface area (Å²) < 4.78 is 0. The summed E-state index contributed by atoms with van der Waals surface area (Å²) >= 11 is 0. The minimum atomic E-state index is 0.0631. The Hall–Kier alpha value is -0.610. The Bertz CT molecular complexity index is 130. The van der Waals surface area contributed by atoms with Crippen LogP contribution in [0.1, 0.15) is 6.92 Å². The second-order valence-corrected chi connectivity index (χ2v) is 2.44. The van der Waals surface area contributed by atoms with Crippen LogP contribution < -0.4 is 0 Å². The smallest absolute Gasteiger partial charge is 0.219 e. The van der Waals surface area contributed by atoms with Crippen molar-refractivity contribution in [2.45, 2.75) is 6.92 Å². The second kappa shape index (κ2) is 2.98. The van der Waals surface area contributed by atoms with E-state index in [9.17, 15) is 10.0 Å². The van der Waals surface area contributed by atoms with E-state index in [2.05, 4.69) is 0 Å². The fraction of sp³-hybridized carbons (Fsp3) is 0.833. The first-order valence-electron chi connectivity index (χ1n) is 3.38. The zero-order valence-corrected chi connectivity index (χ0v) is 6.04. The third kappa shape index (κ3) is 1.68. The summed E-state index contributed by atoms with van der Waals surface area (Å²) in [6.07, 6.45) is 0. The number of carbonyl (C=O) groups is 1. The first-order chi connectivity index (χ1) is 4.70. The van der Waals surface area contributed by atoms with Gasteiger partial charge in [0.25, 0.3) is 0 Å². The minimum Gasteiger partial charge on any atom is -0.785 e. The van der Waals surface area contributed by atoms with Crippen LogP contribution in [-0.2, 0) is 4.79 Å². The third-order valence-corrected chi connectivity index (χ3v) is 1.68. The number of hydrogen-bond acceptors (Lipinski definition) is 3. The van der Waals surface area contributed by atoms with Crippen molar-refractivity contribution in [2.24, 2.45) is 0 Å². The van der Waals surface area contributed by atoms with Gasteiger partial charge < -0.3 is 15.2 Å². The number of carbonyl (C=O) groups excluding carboxylic acids is 1. The molecule has 0 atom stereocenters. The molecule has 0 bridgehead atoms. The number of hydroxylamine groups is 2. The number of amides is 1. The molecule has 0 aromatic heterocycles. The summed E-state index contributed by atoms with van der Waals surface area (Å²) in [6, 6.07) is 0. The van der Waals surface area contributed by atoms with Gasteiger partial charge in [0.1, 0.15) is 0 Å². The Kier molecular flexibility index (Phi) is 2.24. The molecule has 4 nitrogen and oxygen atoms in total. The average molecular weight is 143 g/mol. The molecule has 0 N–H and O–H groups in total. The molecule has 0 aromatic carbocycles. The van der Waals surface area contributed by atoms with Gasteiger partial charge in [-0.15, -0.1) is 0 Å².